The Morgan fingerprint density at radius 1 is 1.13 bits per heavy atom. The van der Waals surface area contributed by atoms with Crippen LogP contribution in [-0.4, -0.2) is 26.0 Å². The van der Waals surface area contributed by atoms with Crippen LogP contribution in [0, 0.1) is 0 Å². The molecule has 82 valence electrons. The van der Waals surface area contributed by atoms with Crippen molar-refractivity contribution in [1.82, 2.24) is 4.47 Å². The molecule has 0 radical (unpaired) electrons. The van der Waals surface area contributed by atoms with Gasteiger partial charge in [-0.05, 0) is 25.0 Å². The molecular formula is C10H13NO3S. The monoisotopic (exact) mass is 227 g/mol. The predicted octanol–water partition coefficient (Wildman–Crippen LogP) is 1.40. The standard InChI is InChI=1S/C10H13NO3S/c12-15(13,10-6-2-1-3-7-10)11-8-4-5-9-14-11/h1-3,6-7H,4-5,8-9H2. The van der Waals surface area contributed by atoms with Gasteiger partial charge >= 0.3 is 0 Å². The fraction of sp³-hybridized carbons (Fsp3) is 0.400. The van der Waals surface area contributed by atoms with Crippen LogP contribution in [0.4, 0.5) is 0 Å². The number of benzene rings is 1. The van der Waals surface area contributed by atoms with Gasteiger partial charge in [0, 0.05) is 6.54 Å². The lowest BCUT2D eigenvalue weighted by Gasteiger charge is -2.25. The van der Waals surface area contributed by atoms with Gasteiger partial charge < -0.3 is 0 Å². The van der Waals surface area contributed by atoms with Crippen LogP contribution in [-0.2, 0) is 14.9 Å². The van der Waals surface area contributed by atoms with Gasteiger partial charge in [0.1, 0.15) is 0 Å². The second kappa shape index (κ2) is 4.30. The van der Waals surface area contributed by atoms with Gasteiger partial charge in [0.25, 0.3) is 10.0 Å². The molecule has 0 N–H and O–H groups in total. The molecule has 0 spiro atoms. The van der Waals surface area contributed by atoms with E-state index >= 15 is 0 Å². The summed E-state index contributed by atoms with van der Waals surface area (Å²) in [6.07, 6.45) is 1.77. The Bertz CT molecular complexity index is 410. The van der Waals surface area contributed by atoms with Crippen LogP contribution >= 0.6 is 0 Å². The van der Waals surface area contributed by atoms with Crippen molar-refractivity contribution in [3.8, 4) is 0 Å². The molecule has 0 amide bonds. The zero-order valence-electron chi connectivity index (χ0n) is 8.30. The lowest BCUT2D eigenvalue weighted by Crippen LogP contribution is -2.35. The maximum atomic E-state index is 12.0. The minimum Gasteiger partial charge on any atom is -0.284 e. The van der Waals surface area contributed by atoms with Gasteiger partial charge in [0.05, 0.1) is 11.5 Å². The first-order valence-corrected chi connectivity index (χ1v) is 6.36. The highest BCUT2D eigenvalue weighted by molar-refractivity contribution is 7.89. The van der Waals surface area contributed by atoms with E-state index in [0.29, 0.717) is 13.2 Å². The Kier molecular flexibility index (Phi) is 3.04. The topological polar surface area (TPSA) is 46.6 Å². The number of nitrogens with zero attached hydrogens (tertiary/aromatic N) is 1. The second-order valence-electron chi connectivity index (χ2n) is 3.38. The molecule has 0 unspecified atom stereocenters. The summed E-state index contributed by atoms with van der Waals surface area (Å²) in [5.74, 6) is 0. The average Bonchev–Trinajstić information content (AvgIpc) is 2.31. The molecule has 0 atom stereocenters. The first-order chi connectivity index (χ1) is 7.21. The van der Waals surface area contributed by atoms with E-state index in [2.05, 4.69) is 0 Å². The molecule has 0 aromatic heterocycles. The molecule has 0 saturated carbocycles. The molecule has 1 fully saturated rings. The van der Waals surface area contributed by atoms with Crippen LogP contribution in [0.1, 0.15) is 12.8 Å². The lowest BCUT2D eigenvalue weighted by atomic mass is 10.3. The van der Waals surface area contributed by atoms with Crippen molar-refractivity contribution in [2.45, 2.75) is 17.7 Å². The molecule has 5 heteroatoms. The van der Waals surface area contributed by atoms with Crippen LogP contribution in [0.3, 0.4) is 0 Å². The molecule has 1 aromatic carbocycles. The third-order valence-electron chi connectivity index (χ3n) is 2.28. The first kappa shape index (κ1) is 10.6. The Morgan fingerprint density at radius 3 is 2.47 bits per heavy atom. The summed E-state index contributed by atoms with van der Waals surface area (Å²) >= 11 is 0. The maximum Gasteiger partial charge on any atom is 0.265 e. The number of sulfonamides is 1. The van der Waals surface area contributed by atoms with Crippen LogP contribution < -0.4 is 0 Å². The highest BCUT2D eigenvalue weighted by atomic mass is 32.2. The van der Waals surface area contributed by atoms with E-state index in [4.69, 9.17) is 4.84 Å². The van der Waals surface area contributed by atoms with E-state index < -0.39 is 10.0 Å². The van der Waals surface area contributed by atoms with Crippen molar-refractivity contribution in [2.24, 2.45) is 0 Å². The molecule has 1 aromatic rings. The molecule has 4 nitrogen and oxygen atoms in total. The van der Waals surface area contributed by atoms with Crippen molar-refractivity contribution >= 4 is 10.0 Å². The third kappa shape index (κ3) is 2.19. The maximum absolute atomic E-state index is 12.0. The SMILES string of the molecule is O=S(=O)(c1ccccc1)N1CCCCO1. The molecule has 1 aliphatic heterocycles. The fourth-order valence-corrected chi connectivity index (χ4v) is 2.79. The number of hydrogen-bond donors (Lipinski definition) is 0. The van der Waals surface area contributed by atoms with E-state index in [-0.39, 0.29) is 4.90 Å². The van der Waals surface area contributed by atoms with Crippen LogP contribution in [0.5, 0.6) is 0 Å². The van der Waals surface area contributed by atoms with Crippen LogP contribution in [0.25, 0.3) is 0 Å². The van der Waals surface area contributed by atoms with Gasteiger partial charge in [-0.3, -0.25) is 4.84 Å². The number of rotatable bonds is 2. The van der Waals surface area contributed by atoms with Crippen LogP contribution in [0.2, 0.25) is 0 Å². The molecule has 1 aliphatic rings. The lowest BCUT2D eigenvalue weighted by molar-refractivity contribution is -0.108. The van der Waals surface area contributed by atoms with Crippen LogP contribution in [0.15, 0.2) is 35.2 Å². The van der Waals surface area contributed by atoms with E-state index in [9.17, 15) is 8.42 Å². The van der Waals surface area contributed by atoms with Gasteiger partial charge in [0.15, 0.2) is 0 Å². The summed E-state index contributed by atoms with van der Waals surface area (Å²) < 4.78 is 25.1. The number of hydrogen-bond acceptors (Lipinski definition) is 3. The van der Waals surface area contributed by atoms with Crippen molar-refractivity contribution < 1.29 is 13.3 Å². The highest BCUT2D eigenvalue weighted by Gasteiger charge is 2.26. The summed E-state index contributed by atoms with van der Waals surface area (Å²) in [5, 5.41) is 0. The van der Waals surface area contributed by atoms with Crippen molar-refractivity contribution in [2.75, 3.05) is 13.2 Å². The Labute approximate surface area is 89.5 Å². The Morgan fingerprint density at radius 2 is 1.87 bits per heavy atom. The minimum atomic E-state index is -3.45. The summed E-state index contributed by atoms with van der Waals surface area (Å²) in [4.78, 5) is 5.43. The molecule has 15 heavy (non-hydrogen) atoms. The van der Waals surface area contributed by atoms with Crippen molar-refractivity contribution in [3.05, 3.63) is 30.3 Å². The summed E-state index contributed by atoms with van der Waals surface area (Å²) in [5.41, 5.74) is 0. The normalized spacial score (nSPS) is 18.9. The zero-order valence-corrected chi connectivity index (χ0v) is 9.11. The smallest absolute Gasteiger partial charge is 0.265 e. The van der Waals surface area contributed by atoms with Crippen molar-refractivity contribution in [1.29, 1.82) is 0 Å². The highest BCUT2D eigenvalue weighted by Crippen LogP contribution is 2.18. The van der Waals surface area contributed by atoms with E-state index in [0.717, 1.165) is 17.3 Å². The van der Waals surface area contributed by atoms with Crippen molar-refractivity contribution in [3.63, 3.8) is 0 Å². The zero-order chi connectivity index (χ0) is 10.7. The summed E-state index contributed by atoms with van der Waals surface area (Å²) in [7, 11) is -3.45. The van der Waals surface area contributed by atoms with Gasteiger partial charge in [-0.15, -0.1) is 0 Å². The van der Waals surface area contributed by atoms with E-state index in [1.54, 1.807) is 30.3 Å². The summed E-state index contributed by atoms with van der Waals surface area (Å²) in [6.45, 7) is 0.920. The summed E-state index contributed by atoms with van der Waals surface area (Å²) in [6, 6.07) is 8.35. The molecule has 0 aliphatic carbocycles. The van der Waals surface area contributed by atoms with Gasteiger partial charge in [-0.1, -0.05) is 22.7 Å². The molecule has 0 bridgehead atoms. The van der Waals surface area contributed by atoms with Gasteiger partial charge in [-0.25, -0.2) is 8.42 Å². The third-order valence-corrected chi connectivity index (χ3v) is 3.97. The van der Waals surface area contributed by atoms with E-state index in [1.165, 1.54) is 0 Å². The Hall–Kier alpha value is -0.910. The second-order valence-corrected chi connectivity index (χ2v) is 5.21. The van der Waals surface area contributed by atoms with Gasteiger partial charge in [0.2, 0.25) is 0 Å². The molecule has 1 saturated heterocycles. The largest absolute Gasteiger partial charge is 0.284 e. The minimum absolute atomic E-state index is 0.284. The average molecular weight is 227 g/mol. The number of hydroxylamine groups is 1. The van der Waals surface area contributed by atoms with E-state index in [1.807, 2.05) is 0 Å². The fourth-order valence-electron chi connectivity index (χ4n) is 1.47. The van der Waals surface area contributed by atoms with Gasteiger partial charge in [-0.2, -0.15) is 0 Å². The first-order valence-electron chi connectivity index (χ1n) is 4.92. The quantitative estimate of drug-likeness (QED) is 0.767. The molecule has 2 rings (SSSR count). The molecular weight excluding hydrogens is 214 g/mol. The predicted molar refractivity (Wildman–Crippen MR) is 55.5 cm³/mol. The Balaban J connectivity index is 2.26. The molecule has 1 heterocycles.